The van der Waals surface area contributed by atoms with Crippen molar-refractivity contribution in [2.75, 3.05) is 23.0 Å². The molecule has 0 radical (unpaired) electrons. The Balaban J connectivity index is 1.48. The van der Waals surface area contributed by atoms with E-state index >= 15 is 0 Å². The summed E-state index contributed by atoms with van der Waals surface area (Å²) in [6.45, 7) is 3.50. The second-order valence-corrected chi connectivity index (χ2v) is 11.4. The third-order valence-corrected chi connectivity index (χ3v) is 8.60. The zero-order chi connectivity index (χ0) is 23.6. The van der Waals surface area contributed by atoms with Crippen molar-refractivity contribution >= 4 is 27.4 Å². The average Bonchev–Trinajstić information content (AvgIpc) is 3.31. The molecule has 1 aliphatic carbocycles. The number of esters is 1. The molecule has 1 aromatic carbocycles. The van der Waals surface area contributed by atoms with Crippen molar-refractivity contribution < 1.29 is 22.7 Å². The fourth-order valence-electron chi connectivity index (χ4n) is 5.29. The summed E-state index contributed by atoms with van der Waals surface area (Å²) in [4.78, 5) is 27.5. The summed E-state index contributed by atoms with van der Waals surface area (Å²) in [5.74, 6) is -0.964. The van der Waals surface area contributed by atoms with Crippen LogP contribution in [-0.2, 0) is 19.4 Å². The molecule has 1 amide bonds. The van der Waals surface area contributed by atoms with Gasteiger partial charge in [0, 0.05) is 23.1 Å². The summed E-state index contributed by atoms with van der Waals surface area (Å²) < 4.78 is 31.7. The third kappa shape index (κ3) is 5.16. The molecular weight excluding hydrogens is 440 g/mol. The van der Waals surface area contributed by atoms with Crippen LogP contribution in [0.15, 0.2) is 36.4 Å². The van der Waals surface area contributed by atoms with Crippen molar-refractivity contribution in [1.29, 1.82) is 0 Å². The molecule has 2 fully saturated rings. The van der Waals surface area contributed by atoms with Crippen LogP contribution in [0.25, 0.3) is 0 Å². The van der Waals surface area contributed by atoms with Crippen LogP contribution in [-0.4, -0.2) is 49.0 Å². The number of hydrogen-bond acceptors (Lipinski definition) is 5. The van der Waals surface area contributed by atoms with Crippen LogP contribution < -0.4 is 4.90 Å². The standard InChI is InChI=1S/C25H32N2O5S/c1-18-15-23(19(2)26(18)20-9-5-3-6-10-20)25(29)32-16-24(28)27(21-11-7-4-8-12-21)22-13-14-33(30,31)17-22/h4,7-8,11-12,15,20,22H,3,5-6,9-10,13-14,16-17H2,1-2H3/t22-/m1/s1. The SMILES string of the molecule is Cc1cc(C(=O)OCC(=O)N(c2ccccc2)[C@@H]2CCS(=O)(=O)C2)c(C)n1C1CCCCC1. The van der Waals surface area contributed by atoms with E-state index in [1.54, 1.807) is 24.3 Å². The molecule has 1 saturated heterocycles. The van der Waals surface area contributed by atoms with Crippen LogP contribution in [0, 0.1) is 13.8 Å². The van der Waals surface area contributed by atoms with Crippen LogP contribution >= 0.6 is 0 Å². The summed E-state index contributed by atoms with van der Waals surface area (Å²) in [5, 5.41) is 0. The summed E-state index contributed by atoms with van der Waals surface area (Å²) in [6.07, 6.45) is 6.25. The van der Waals surface area contributed by atoms with Crippen LogP contribution in [0.2, 0.25) is 0 Å². The van der Waals surface area contributed by atoms with Gasteiger partial charge in [-0.25, -0.2) is 13.2 Å². The van der Waals surface area contributed by atoms with Crippen LogP contribution in [0.4, 0.5) is 5.69 Å². The summed E-state index contributed by atoms with van der Waals surface area (Å²) in [7, 11) is -3.18. The van der Waals surface area contributed by atoms with E-state index in [1.807, 2.05) is 26.0 Å². The van der Waals surface area contributed by atoms with Crippen molar-refractivity contribution in [2.45, 2.75) is 64.5 Å². The van der Waals surface area contributed by atoms with Gasteiger partial charge in [-0.2, -0.15) is 0 Å². The van der Waals surface area contributed by atoms with E-state index in [2.05, 4.69) is 4.57 Å². The normalized spacial score (nSPS) is 20.5. The zero-order valence-corrected chi connectivity index (χ0v) is 20.1. The minimum absolute atomic E-state index is 0.0568. The van der Waals surface area contributed by atoms with Gasteiger partial charge in [0.15, 0.2) is 16.4 Å². The maximum atomic E-state index is 13.1. The van der Waals surface area contributed by atoms with Crippen LogP contribution in [0.1, 0.15) is 66.3 Å². The molecule has 0 unspecified atom stereocenters. The number of carbonyl (C=O) groups excluding carboxylic acids is 2. The molecule has 1 atom stereocenters. The number of hydrogen-bond donors (Lipinski definition) is 0. The first-order valence-corrected chi connectivity index (χ1v) is 13.5. The number of benzene rings is 1. The number of aryl methyl sites for hydroxylation is 1. The highest BCUT2D eigenvalue weighted by molar-refractivity contribution is 7.91. The quantitative estimate of drug-likeness (QED) is 0.594. The van der Waals surface area contributed by atoms with E-state index in [0.717, 1.165) is 24.2 Å². The number of sulfone groups is 1. The highest BCUT2D eigenvalue weighted by Gasteiger charge is 2.36. The van der Waals surface area contributed by atoms with E-state index in [0.29, 0.717) is 23.7 Å². The smallest absolute Gasteiger partial charge is 0.340 e. The fourth-order valence-corrected chi connectivity index (χ4v) is 6.99. The maximum absolute atomic E-state index is 13.1. The molecule has 2 aliphatic rings. The van der Waals surface area contributed by atoms with Gasteiger partial charge in [0.1, 0.15) is 0 Å². The molecule has 1 aliphatic heterocycles. The first-order valence-electron chi connectivity index (χ1n) is 11.7. The summed E-state index contributed by atoms with van der Waals surface area (Å²) in [5.41, 5.74) is 3.00. The third-order valence-electron chi connectivity index (χ3n) is 6.85. The highest BCUT2D eigenvalue weighted by Crippen LogP contribution is 2.32. The zero-order valence-electron chi connectivity index (χ0n) is 19.3. The molecular formula is C25H32N2O5S. The highest BCUT2D eigenvalue weighted by atomic mass is 32.2. The number of anilines is 1. The van der Waals surface area contributed by atoms with E-state index in [1.165, 1.54) is 24.2 Å². The molecule has 0 N–H and O–H groups in total. The van der Waals surface area contributed by atoms with E-state index in [9.17, 15) is 18.0 Å². The summed E-state index contributed by atoms with van der Waals surface area (Å²) >= 11 is 0. The molecule has 0 bridgehead atoms. The Kier molecular flexibility index (Phi) is 6.93. The van der Waals surface area contributed by atoms with Crippen molar-refractivity contribution in [3.63, 3.8) is 0 Å². The van der Waals surface area contributed by atoms with Gasteiger partial charge in [0.25, 0.3) is 5.91 Å². The van der Waals surface area contributed by atoms with Gasteiger partial charge in [-0.1, -0.05) is 37.5 Å². The Hall–Kier alpha value is -2.61. The molecule has 4 rings (SSSR count). The van der Waals surface area contributed by atoms with Gasteiger partial charge in [0.2, 0.25) is 0 Å². The number of aromatic nitrogens is 1. The number of carbonyl (C=O) groups is 2. The minimum Gasteiger partial charge on any atom is -0.452 e. The lowest BCUT2D eigenvalue weighted by molar-refractivity contribution is -0.122. The van der Waals surface area contributed by atoms with Gasteiger partial charge in [-0.15, -0.1) is 0 Å². The first-order chi connectivity index (χ1) is 15.8. The number of rotatable bonds is 6. The number of nitrogens with zero attached hydrogens (tertiary/aromatic N) is 2. The van der Waals surface area contributed by atoms with E-state index in [4.69, 9.17) is 4.74 Å². The van der Waals surface area contributed by atoms with Gasteiger partial charge >= 0.3 is 5.97 Å². The Morgan fingerprint density at radius 3 is 2.39 bits per heavy atom. The van der Waals surface area contributed by atoms with Gasteiger partial charge in [-0.3, -0.25) is 4.79 Å². The molecule has 2 aromatic rings. The molecule has 178 valence electrons. The van der Waals surface area contributed by atoms with Gasteiger partial charge < -0.3 is 14.2 Å². The largest absolute Gasteiger partial charge is 0.452 e. The monoisotopic (exact) mass is 472 g/mol. The fraction of sp³-hybridized carbons (Fsp3) is 0.520. The second-order valence-electron chi connectivity index (χ2n) is 9.18. The van der Waals surface area contributed by atoms with Gasteiger partial charge in [0.05, 0.1) is 23.1 Å². The number of para-hydroxylation sites is 1. The Morgan fingerprint density at radius 2 is 1.76 bits per heavy atom. The lowest BCUT2D eigenvalue weighted by Gasteiger charge is -2.28. The van der Waals surface area contributed by atoms with Crippen molar-refractivity contribution in [3.8, 4) is 0 Å². The molecule has 33 heavy (non-hydrogen) atoms. The molecule has 8 heteroatoms. The lowest BCUT2D eigenvalue weighted by atomic mass is 9.95. The van der Waals surface area contributed by atoms with Crippen LogP contribution in [0.3, 0.4) is 0 Å². The molecule has 1 saturated carbocycles. The predicted molar refractivity (Wildman–Crippen MR) is 127 cm³/mol. The van der Waals surface area contributed by atoms with E-state index in [-0.39, 0.29) is 11.5 Å². The average molecular weight is 473 g/mol. The van der Waals surface area contributed by atoms with Gasteiger partial charge in [-0.05, 0) is 51.3 Å². The number of ether oxygens (including phenoxy) is 1. The molecule has 1 aromatic heterocycles. The number of amides is 1. The Labute approximate surface area is 195 Å². The van der Waals surface area contributed by atoms with Crippen molar-refractivity contribution in [2.24, 2.45) is 0 Å². The lowest BCUT2D eigenvalue weighted by Crippen LogP contribution is -2.43. The predicted octanol–water partition coefficient (Wildman–Crippen LogP) is 3.99. The van der Waals surface area contributed by atoms with Crippen molar-refractivity contribution in [3.05, 3.63) is 53.3 Å². The topological polar surface area (TPSA) is 85.7 Å². The Bertz CT molecular complexity index is 1120. The Morgan fingerprint density at radius 1 is 1.06 bits per heavy atom. The molecule has 2 heterocycles. The van der Waals surface area contributed by atoms with Crippen LogP contribution in [0.5, 0.6) is 0 Å². The van der Waals surface area contributed by atoms with Crippen molar-refractivity contribution in [1.82, 2.24) is 4.57 Å². The maximum Gasteiger partial charge on any atom is 0.340 e. The first kappa shape index (κ1) is 23.5. The minimum atomic E-state index is -3.18. The molecule has 0 spiro atoms. The van der Waals surface area contributed by atoms with E-state index < -0.39 is 34.4 Å². The summed E-state index contributed by atoms with van der Waals surface area (Å²) in [6, 6.07) is 10.7. The molecule has 7 nitrogen and oxygen atoms in total. The second kappa shape index (κ2) is 9.71.